The van der Waals surface area contributed by atoms with Crippen LogP contribution in [0, 0.1) is 12.7 Å². The zero-order chi connectivity index (χ0) is 17.1. The number of anilines is 1. The first-order valence-electron chi connectivity index (χ1n) is 7.50. The molecule has 0 bridgehead atoms. The van der Waals surface area contributed by atoms with E-state index in [9.17, 15) is 9.18 Å². The van der Waals surface area contributed by atoms with Crippen LogP contribution in [0.2, 0.25) is 0 Å². The Balaban J connectivity index is 2.09. The van der Waals surface area contributed by atoms with Crippen molar-refractivity contribution in [3.8, 4) is 0 Å². The maximum Gasteiger partial charge on any atom is 0.310 e. The van der Waals surface area contributed by atoms with E-state index in [4.69, 9.17) is 9.15 Å². The van der Waals surface area contributed by atoms with Gasteiger partial charge in [-0.15, -0.1) is 0 Å². The van der Waals surface area contributed by atoms with Crippen LogP contribution in [0.3, 0.4) is 0 Å². The number of benzene rings is 1. The zero-order valence-corrected chi connectivity index (χ0v) is 13.4. The van der Waals surface area contributed by atoms with E-state index in [2.05, 4.69) is 10.3 Å². The van der Waals surface area contributed by atoms with E-state index in [1.165, 1.54) is 19.2 Å². The molecule has 0 atom stereocenters. The zero-order valence-electron chi connectivity index (χ0n) is 13.4. The molecule has 3 rings (SSSR count). The fourth-order valence-electron chi connectivity index (χ4n) is 2.62. The molecule has 2 heterocycles. The molecular formula is C18H17FN2O3. The minimum Gasteiger partial charge on any atom is -0.469 e. The van der Waals surface area contributed by atoms with Gasteiger partial charge in [-0.3, -0.25) is 9.78 Å². The summed E-state index contributed by atoms with van der Waals surface area (Å²) in [7, 11) is 1.34. The van der Waals surface area contributed by atoms with Crippen molar-refractivity contribution in [2.75, 3.05) is 12.4 Å². The molecule has 0 amide bonds. The van der Waals surface area contributed by atoms with Gasteiger partial charge in [0.15, 0.2) is 0 Å². The number of hydrogen-bond acceptors (Lipinski definition) is 5. The third-order valence-corrected chi connectivity index (χ3v) is 3.82. The first-order valence-corrected chi connectivity index (χ1v) is 7.50. The Kier molecular flexibility index (Phi) is 4.46. The number of ether oxygens (including phenoxy) is 1. The Hall–Kier alpha value is -2.89. The Morgan fingerprint density at radius 1 is 1.38 bits per heavy atom. The second kappa shape index (κ2) is 6.70. The van der Waals surface area contributed by atoms with Gasteiger partial charge >= 0.3 is 5.97 Å². The number of esters is 1. The van der Waals surface area contributed by atoms with Crippen LogP contribution in [-0.4, -0.2) is 18.1 Å². The number of halogens is 1. The number of methoxy groups -OCH3 is 1. The molecule has 0 fully saturated rings. The molecule has 24 heavy (non-hydrogen) atoms. The molecule has 5 nitrogen and oxygen atoms in total. The van der Waals surface area contributed by atoms with Gasteiger partial charge in [0.05, 0.1) is 31.9 Å². The first-order chi connectivity index (χ1) is 11.6. The number of carbonyl (C=O) groups excluding carboxylic acids is 1. The predicted molar refractivity (Wildman–Crippen MR) is 88.2 cm³/mol. The molecule has 0 saturated carbocycles. The summed E-state index contributed by atoms with van der Waals surface area (Å²) in [6.07, 6.45) is 1.64. The molecule has 1 N–H and O–H groups in total. The number of carbonyl (C=O) groups is 1. The van der Waals surface area contributed by atoms with Gasteiger partial charge in [0.2, 0.25) is 0 Å². The Morgan fingerprint density at radius 3 is 2.92 bits per heavy atom. The molecule has 0 spiro atoms. The fraction of sp³-hybridized carbons (Fsp3) is 0.222. The molecule has 124 valence electrons. The van der Waals surface area contributed by atoms with Crippen LogP contribution >= 0.6 is 0 Å². The number of fused-ring (bicyclic) bond motifs is 1. The van der Waals surface area contributed by atoms with Crippen molar-refractivity contribution >= 4 is 22.6 Å². The predicted octanol–water partition coefficient (Wildman–Crippen LogP) is 3.60. The number of aromatic nitrogens is 1. The summed E-state index contributed by atoms with van der Waals surface area (Å²) in [5.41, 5.74) is 2.70. The summed E-state index contributed by atoms with van der Waals surface area (Å²) < 4.78 is 23.8. The van der Waals surface area contributed by atoms with Crippen LogP contribution in [0.25, 0.3) is 10.9 Å². The summed E-state index contributed by atoms with van der Waals surface area (Å²) in [6, 6.07) is 8.03. The van der Waals surface area contributed by atoms with E-state index in [1.54, 1.807) is 18.4 Å². The number of aryl methyl sites for hydroxylation is 1. The maximum absolute atomic E-state index is 13.7. The van der Waals surface area contributed by atoms with Gasteiger partial charge in [0.1, 0.15) is 11.6 Å². The van der Waals surface area contributed by atoms with Crippen LogP contribution in [0.15, 0.2) is 41.0 Å². The van der Waals surface area contributed by atoms with Gasteiger partial charge < -0.3 is 14.5 Å². The smallest absolute Gasteiger partial charge is 0.310 e. The summed E-state index contributed by atoms with van der Waals surface area (Å²) in [5.74, 6) is -0.00652. The number of rotatable bonds is 5. The van der Waals surface area contributed by atoms with E-state index in [0.29, 0.717) is 34.4 Å². The van der Waals surface area contributed by atoms with Gasteiger partial charge in [-0.25, -0.2) is 4.39 Å². The van der Waals surface area contributed by atoms with E-state index in [1.807, 2.05) is 13.0 Å². The normalized spacial score (nSPS) is 10.8. The lowest BCUT2D eigenvalue weighted by Crippen LogP contribution is -2.11. The second-order valence-corrected chi connectivity index (χ2v) is 5.40. The molecule has 0 aliphatic heterocycles. The highest BCUT2D eigenvalue weighted by atomic mass is 19.1. The van der Waals surface area contributed by atoms with Crippen molar-refractivity contribution < 1.29 is 18.3 Å². The molecule has 0 aliphatic rings. The summed E-state index contributed by atoms with van der Waals surface area (Å²) in [5, 5.41) is 3.86. The Morgan fingerprint density at radius 2 is 2.21 bits per heavy atom. The molecule has 1 aromatic carbocycles. The number of nitrogens with one attached hydrogen (secondary N) is 1. The molecule has 0 unspecified atom stereocenters. The average molecular weight is 328 g/mol. The molecular weight excluding hydrogens is 311 g/mol. The van der Waals surface area contributed by atoms with Crippen molar-refractivity contribution in [2.24, 2.45) is 0 Å². The van der Waals surface area contributed by atoms with Crippen LogP contribution in [0.1, 0.15) is 17.0 Å². The number of nitrogens with zero attached hydrogens (tertiary/aromatic N) is 1. The lowest BCUT2D eigenvalue weighted by Gasteiger charge is -2.16. The van der Waals surface area contributed by atoms with Gasteiger partial charge in [-0.1, -0.05) is 0 Å². The molecule has 0 radical (unpaired) electrons. The standard InChI is InChI=1S/C18H17FN2O3/c1-11-14(9-17(22)23-2)18(20-10-13-4-3-7-24-13)15-8-12(19)5-6-16(15)21-11/h3-8H,9-10H2,1-2H3,(H,20,21). The summed E-state index contributed by atoms with van der Waals surface area (Å²) in [6.45, 7) is 2.23. The quantitative estimate of drug-likeness (QED) is 0.725. The summed E-state index contributed by atoms with van der Waals surface area (Å²) in [4.78, 5) is 16.2. The van der Waals surface area contributed by atoms with Crippen LogP contribution < -0.4 is 5.32 Å². The second-order valence-electron chi connectivity index (χ2n) is 5.40. The van der Waals surface area contributed by atoms with E-state index >= 15 is 0 Å². The molecule has 2 aromatic heterocycles. The minimum absolute atomic E-state index is 0.0578. The molecule has 0 aliphatic carbocycles. The van der Waals surface area contributed by atoms with Crippen molar-refractivity contribution in [3.63, 3.8) is 0 Å². The SMILES string of the molecule is COC(=O)Cc1c(C)nc2ccc(F)cc2c1NCc1ccco1. The molecule has 3 aromatic rings. The molecule has 6 heteroatoms. The number of pyridine rings is 1. The largest absolute Gasteiger partial charge is 0.469 e. The van der Waals surface area contributed by atoms with Gasteiger partial charge in [-0.2, -0.15) is 0 Å². The van der Waals surface area contributed by atoms with Crippen LogP contribution in [-0.2, 0) is 22.5 Å². The Labute approximate surface area is 138 Å². The fourth-order valence-corrected chi connectivity index (χ4v) is 2.62. The van der Waals surface area contributed by atoms with Crippen molar-refractivity contribution in [3.05, 3.63) is 59.4 Å². The maximum atomic E-state index is 13.7. The monoisotopic (exact) mass is 328 g/mol. The van der Waals surface area contributed by atoms with Crippen LogP contribution in [0.5, 0.6) is 0 Å². The van der Waals surface area contributed by atoms with Crippen molar-refractivity contribution in [1.29, 1.82) is 0 Å². The van der Waals surface area contributed by atoms with Crippen molar-refractivity contribution in [2.45, 2.75) is 19.9 Å². The van der Waals surface area contributed by atoms with Gasteiger partial charge in [-0.05, 0) is 37.3 Å². The van der Waals surface area contributed by atoms with Crippen molar-refractivity contribution in [1.82, 2.24) is 4.98 Å². The average Bonchev–Trinajstić information content (AvgIpc) is 3.08. The Bertz CT molecular complexity index is 876. The first kappa shape index (κ1) is 16.0. The van der Waals surface area contributed by atoms with Gasteiger partial charge in [0.25, 0.3) is 0 Å². The lowest BCUT2D eigenvalue weighted by molar-refractivity contribution is -0.139. The van der Waals surface area contributed by atoms with E-state index in [0.717, 1.165) is 5.76 Å². The third kappa shape index (κ3) is 3.22. The van der Waals surface area contributed by atoms with Gasteiger partial charge in [0, 0.05) is 22.3 Å². The highest BCUT2D eigenvalue weighted by Gasteiger charge is 2.17. The summed E-state index contributed by atoms with van der Waals surface area (Å²) >= 11 is 0. The molecule has 0 saturated heterocycles. The topological polar surface area (TPSA) is 64.4 Å². The highest BCUT2D eigenvalue weighted by molar-refractivity contribution is 5.95. The van der Waals surface area contributed by atoms with E-state index < -0.39 is 0 Å². The van der Waals surface area contributed by atoms with Crippen LogP contribution in [0.4, 0.5) is 10.1 Å². The third-order valence-electron chi connectivity index (χ3n) is 3.82. The highest BCUT2D eigenvalue weighted by Crippen LogP contribution is 2.30. The lowest BCUT2D eigenvalue weighted by atomic mass is 10.0. The minimum atomic E-state index is -0.378. The number of furan rings is 1. The van der Waals surface area contributed by atoms with E-state index in [-0.39, 0.29) is 18.2 Å². The number of hydrogen-bond donors (Lipinski definition) is 1.